The van der Waals surface area contributed by atoms with Crippen molar-refractivity contribution in [1.29, 1.82) is 0 Å². The monoisotopic (exact) mass is 128 g/mol. The molecule has 0 N–H and O–H groups in total. The van der Waals surface area contributed by atoms with Crippen LogP contribution in [0.5, 0.6) is 0 Å². The average Bonchev–Trinajstić information content (AvgIpc) is 1.61. The first-order valence-electron chi connectivity index (χ1n) is 1.96. The maximum atomic E-state index is 9.53. The van der Waals surface area contributed by atoms with E-state index in [1.807, 2.05) is 0 Å². The molecule has 0 saturated heterocycles. The first-order valence-corrected chi connectivity index (χ1v) is 2.59. The van der Waals surface area contributed by atoms with Crippen molar-refractivity contribution in [1.82, 2.24) is 0 Å². The van der Waals surface area contributed by atoms with Gasteiger partial charge in [0.2, 0.25) is 0 Å². The van der Waals surface area contributed by atoms with Crippen molar-refractivity contribution in [3.8, 4) is 0 Å². The van der Waals surface area contributed by atoms with Gasteiger partial charge in [0.25, 0.3) is 0 Å². The van der Waals surface area contributed by atoms with Crippen LogP contribution in [0.3, 0.4) is 0 Å². The normalized spacial score (nSPS) is 7.00. The Bertz CT molecular complexity index is 40.7. The zero-order valence-corrected chi connectivity index (χ0v) is 4.45. The molecular formula is C4H9NaOS. The molecule has 0 aliphatic heterocycles. The van der Waals surface area contributed by atoms with Gasteiger partial charge in [-0.1, -0.05) is 0 Å². The second-order valence-electron chi connectivity index (χ2n) is 1.03. The van der Waals surface area contributed by atoms with Crippen LogP contribution in [-0.2, 0) is 4.79 Å². The van der Waals surface area contributed by atoms with Gasteiger partial charge in [-0.15, -0.1) is 0 Å². The number of rotatable bonds is 3. The molecule has 7 heavy (non-hydrogen) atoms. The van der Waals surface area contributed by atoms with Crippen LogP contribution in [0.15, 0.2) is 0 Å². The summed E-state index contributed by atoms with van der Waals surface area (Å²) in [5, 5.41) is 0. The Morgan fingerprint density at radius 1 is 1.57 bits per heavy atom. The molecule has 0 bridgehead atoms. The third-order valence-corrected chi connectivity index (χ3v) is 0.796. The summed E-state index contributed by atoms with van der Waals surface area (Å²) in [6.07, 6.45) is 2.48. The Hall–Kier alpha value is 1.02. The molecule has 0 heterocycles. The minimum atomic E-state index is 0. The van der Waals surface area contributed by atoms with E-state index >= 15 is 0 Å². The van der Waals surface area contributed by atoms with E-state index in [2.05, 4.69) is 12.6 Å². The standard InChI is InChI=1S/C4H8OS.Na.H/c5-3-1-2-4-6;;/h3,6H,1-2,4H2;;. The Labute approximate surface area is 71.6 Å². The molecule has 0 aromatic rings. The van der Waals surface area contributed by atoms with Gasteiger partial charge in [-0.05, 0) is 12.2 Å². The average molecular weight is 128 g/mol. The van der Waals surface area contributed by atoms with Gasteiger partial charge >= 0.3 is 29.6 Å². The van der Waals surface area contributed by atoms with Crippen LogP contribution in [-0.4, -0.2) is 41.6 Å². The molecule has 1 nitrogen and oxygen atoms in total. The summed E-state index contributed by atoms with van der Waals surface area (Å²) in [6.45, 7) is 0. The van der Waals surface area contributed by atoms with Gasteiger partial charge in [-0.25, -0.2) is 0 Å². The van der Waals surface area contributed by atoms with Gasteiger partial charge in [-0.3, -0.25) is 0 Å². The van der Waals surface area contributed by atoms with Gasteiger partial charge in [0.15, 0.2) is 0 Å². The van der Waals surface area contributed by atoms with Gasteiger partial charge in [0.05, 0.1) is 0 Å². The van der Waals surface area contributed by atoms with Gasteiger partial charge in [-0.2, -0.15) is 12.6 Å². The Morgan fingerprint density at radius 2 is 2.14 bits per heavy atom. The number of thiol groups is 1. The van der Waals surface area contributed by atoms with Crippen LogP contribution in [0.1, 0.15) is 12.8 Å². The quantitative estimate of drug-likeness (QED) is 0.249. The number of aldehydes is 1. The van der Waals surface area contributed by atoms with Crippen LogP contribution < -0.4 is 0 Å². The van der Waals surface area contributed by atoms with E-state index in [1.165, 1.54) is 0 Å². The van der Waals surface area contributed by atoms with Gasteiger partial charge < -0.3 is 4.79 Å². The Balaban J connectivity index is 0. The second-order valence-corrected chi connectivity index (χ2v) is 1.48. The summed E-state index contributed by atoms with van der Waals surface area (Å²) in [7, 11) is 0. The topological polar surface area (TPSA) is 17.1 Å². The molecule has 0 rings (SSSR count). The fraction of sp³-hybridized carbons (Fsp3) is 0.750. The fourth-order valence-corrected chi connectivity index (χ4v) is 0.357. The first kappa shape index (κ1) is 10.9. The number of carbonyl (C=O) groups is 1. The van der Waals surface area contributed by atoms with E-state index < -0.39 is 0 Å². The van der Waals surface area contributed by atoms with Gasteiger partial charge in [0.1, 0.15) is 6.29 Å². The van der Waals surface area contributed by atoms with Crippen molar-refractivity contribution in [2.45, 2.75) is 12.8 Å². The summed E-state index contributed by atoms with van der Waals surface area (Å²) >= 11 is 3.90. The van der Waals surface area contributed by atoms with Crippen LogP contribution in [0.4, 0.5) is 0 Å². The minimum absolute atomic E-state index is 0. The Morgan fingerprint density at radius 3 is 2.29 bits per heavy atom. The van der Waals surface area contributed by atoms with Crippen molar-refractivity contribution in [2.75, 3.05) is 5.75 Å². The summed E-state index contributed by atoms with van der Waals surface area (Å²) in [6, 6.07) is 0. The zero-order chi connectivity index (χ0) is 4.83. The fourth-order valence-electron chi connectivity index (χ4n) is 0.175. The molecule has 0 aliphatic carbocycles. The van der Waals surface area contributed by atoms with Gasteiger partial charge in [0, 0.05) is 6.42 Å². The van der Waals surface area contributed by atoms with Crippen molar-refractivity contribution >= 4 is 48.5 Å². The third-order valence-electron chi connectivity index (χ3n) is 0.480. The predicted molar refractivity (Wildman–Crippen MR) is 36.3 cm³/mol. The number of hydrogen-bond acceptors (Lipinski definition) is 2. The molecule has 38 valence electrons. The molecule has 0 aromatic carbocycles. The van der Waals surface area contributed by atoms with Crippen molar-refractivity contribution in [2.24, 2.45) is 0 Å². The molecule has 0 atom stereocenters. The third kappa shape index (κ3) is 10.9. The summed E-state index contributed by atoms with van der Waals surface area (Å²) in [5.74, 6) is 0.818. The predicted octanol–water partition coefficient (Wildman–Crippen LogP) is 0.247. The van der Waals surface area contributed by atoms with Crippen LogP contribution in [0.25, 0.3) is 0 Å². The number of unbranched alkanes of at least 4 members (excludes halogenated alkanes) is 1. The van der Waals surface area contributed by atoms with E-state index in [4.69, 9.17) is 0 Å². The van der Waals surface area contributed by atoms with E-state index in [0.29, 0.717) is 6.42 Å². The Kier molecular flexibility index (Phi) is 15.7. The SMILES string of the molecule is O=CCCCS.[NaH]. The van der Waals surface area contributed by atoms with E-state index in [9.17, 15) is 4.79 Å². The van der Waals surface area contributed by atoms with E-state index in [0.717, 1.165) is 18.5 Å². The van der Waals surface area contributed by atoms with Crippen molar-refractivity contribution in [3.63, 3.8) is 0 Å². The summed E-state index contributed by atoms with van der Waals surface area (Å²) < 4.78 is 0. The summed E-state index contributed by atoms with van der Waals surface area (Å²) in [5.41, 5.74) is 0. The maximum absolute atomic E-state index is 9.53. The van der Waals surface area contributed by atoms with Crippen LogP contribution in [0, 0.1) is 0 Å². The molecule has 3 heteroatoms. The van der Waals surface area contributed by atoms with E-state index in [1.54, 1.807) is 0 Å². The molecule has 0 amide bonds. The first-order chi connectivity index (χ1) is 2.91. The number of carbonyl (C=O) groups excluding carboxylic acids is 1. The molecule has 0 saturated carbocycles. The molecular weight excluding hydrogens is 119 g/mol. The molecule has 0 radical (unpaired) electrons. The second kappa shape index (κ2) is 10.1. The zero-order valence-electron chi connectivity index (χ0n) is 3.55. The van der Waals surface area contributed by atoms with Crippen molar-refractivity contribution < 1.29 is 4.79 Å². The van der Waals surface area contributed by atoms with Crippen LogP contribution >= 0.6 is 12.6 Å². The molecule has 0 fully saturated rings. The van der Waals surface area contributed by atoms with E-state index in [-0.39, 0.29) is 29.6 Å². The molecule has 0 spiro atoms. The van der Waals surface area contributed by atoms with Crippen molar-refractivity contribution in [3.05, 3.63) is 0 Å². The molecule has 0 aromatic heterocycles. The van der Waals surface area contributed by atoms with Crippen LogP contribution in [0.2, 0.25) is 0 Å². The number of hydrogen-bond donors (Lipinski definition) is 1. The summed E-state index contributed by atoms with van der Waals surface area (Å²) in [4.78, 5) is 9.53. The molecule has 0 aliphatic rings. The molecule has 0 unspecified atom stereocenters.